The largest absolute Gasteiger partial charge is 0.382 e. The third kappa shape index (κ3) is 6.24. The van der Waals surface area contributed by atoms with Crippen LogP contribution in [0.25, 0.3) is 0 Å². The van der Waals surface area contributed by atoms with Crippen LogP contribution in [0.2, 0.25) is 0 Å². The summed E-state index contributed by atoms with van der Waals surface area (Å²) < 4.78 is 0. The zero-order chi connectivity index (χ0) is 14.8. The van der Waals surface area contributed by atoms with Crippen LogP contribution in [0.4, 0.5) is 11.5 Å². The molecule has 0 aromatic carbocycles. The minimum absolute atomic E-state index is 0.488. The lowest BCUT2D eigenvalue weighted by atomic mass is 10.1. The van der Waals surface area contributed by atoms with Crippen molar-refractivity contribution < 1.29 is 0 Å². The van der Waals surface area contributed by atoms with E-state index in [1.807, 2.05) is 12.3 Å². The maximum absolute atomic E-state index is 4.29. The van der Waals surface area contributed by atoms with E-state index in [1.54, 1.807) is 0 Å². The molecule has 0 amide bonds. The Labute approximate surface area is 124 Å². The SMILES string of the molecule is CCNc1cc(NC(C)CCCN(CC)CC)ccn1. The Kier molecular flexibility index (Phi) is 8.04. The minimum Gasteiger partial charge on any atom is -0.382 e. The van der Waals surface area contributed by atoms with Gasteiger partial charge >= 0.3 is 0 Å². The minimum atomic E-state index is 0.488. The van der Waals surface area contributed by atoms with Gasteiger partial charge in [-0.1, -0.05) is 13.8 Å². The first-order chi connectivity index (χ1) is 9.69. The van der Waals surface area contributed by atoms with Crippen molar-refractivity contribution in [1.29, 1.82) is 0 Å². The van der Waals surface area contributed by atoms with E-state index in [0.717, 1.165) is 31.1 Å². The fourth-order valence-corrected chi connectivity index (χ4v) is 2.32. The highest BCUT2D eigenvalue weighted by molar-refractivity contribution is 5.52. The van der Waals surface area contributed by atoms with Crippen molar-refractivity contribution in [2.24, 2.45) is 0 Å². The molecule has 0 aliphatic carbocycles. The second-order valence-electron chi connectivity index (χ2n) is 5.17. The molecule has 1 aromatic rings. The van der Waals surface area contributed by atoms with E-state index < -0.39 is 0 Å². The second-order valence-corrected chi connectivity index (χ2v) is 5.17. The Balaban J connectivity index is 2.34. The van der Waals surface area contributed by atoms with Gasteiger partial charge in [0, 0.05) is 30.5 Å². The van der Waals surface area contributed by atoms with Gasteiger partial charge in [-0.3, -0.25) is 0 Å². The third-order valence-corrected chi connectivity index (χ3v) is 3.54. The molecule has 1 heterocycles. The summed E-state index contributed by atoms with van der Waals surface area (Å²) >= 11 is 0. The Bertz CT molecular complexity index is 363. The summed E-state index contributed by atoms with van der Waals surface area (Å²) in [4.78, 5) is 6.76. The highest BCUT2D eigenvalue weighted by Crippen LogP contribution is 2.14. The average molecular weight is 278 g/mol. The van der Waals surface area contributed by atoms with Gasteiger partial charge < -0.3 is 15.5 Å². The van der Waals surface area contributed by atoms with Gasteiger partial charge in [0.25, 0.3) is 0 Å². The molecule has 0 saturated heterocycles. The molecule has 4 heteroatoms. The van der Waals surface area contributed by atoms with Crippen LogP contribution in [-0.2, 0) is 0 Å². The number of aromatic nitrogens is 1. The summed E-state index contributed by atoms with van der Waals surface area (Å²) in [5.41, 5.74) is 1.14. The van der Waals surface area contributed by atoms with Gasteiger partial charge in [0.2, 0.25) is 0 Å². The Morgan fingerprint density at radius 3 is 2.65 bits per heavy atom. The highest BCUT2D eigenvalue weighted by Gasteiger charge is 2.05. The van der Waals surface area contributed by atoms with Crippen LogP contribution in [0.3, 0.4) is 0 Å². The average Bonchev–Trinajstić information content (AvgIpc) is 2.44. The van der Waals surface area contributed by atoms with Crippen LogP contribution in [0.5, 0.6) is 0 Å². The predicted molar refractivity (Wildman–Crippen MR) is 88.5 cm³/mol. The first-order valence-corrected chi connectivity index (χ1v) is 7.88. The highest BCUT2D eigenvalue weighted by atomic mass is 15.1. The van der Waals surface area contributed by atoms with Crippen LogP contribution in [0.1, 0.15) is 40.5 Å². The molecule has 0 bridgehead atoms. The molecule has 1 atom stereocenters. The predicted octanol–water partition coefficient (Wildman–Crippen LogP) is 3.44. The fourth-order valence-electron chi connectivity index (χ4n) is 2.32. The maximum atomic E-state index is 4.29. The lowest BCUT2D eigenvalue weighted by Gasteiger charge is -2.20. The van der Waals surface area contributed by atoms with Gasteiger partial charge in [-0.2, -0.15) is 0 Å². The summed E-state index contributed by atoms with van der Waals surface area (Å²) in [5.74, 6) is 0.938. The quantitative estimate of drug-likeness (QED) is 0.688. The summed E-state index contributed by atoms with van der Waals surface area (Å²) in [5, 5.41) is 6.79. The number of hydrogen-bond acceptors (Lipinski definition) is 4. The molecule has 0 spiro atoms. The summed E-state index contributed by atoms with van der Waals surface area (Å²) in [6.07, 6.45) is 4.28. The third-order valence-electron chi connectivity index (χ3n) is 3.54. The normalized spacial score (nSPS) is 12.4. The van der Waals surface area contributed by atoms with Crippen LogP contribution < -0.4 is 10.6 Å². The lowest BCUT2D eigenvalue weighted by molar-refractivity contribution is 0.295. The van der Waals surface area contributed by atoms with E-state index in [0.29, 0.717) is 6.04 Å². The molecule has 114 valence electrons. The smallest absolute Gasteiger partial charge is 0.127 e. The second kappa shape index (κ2) is 9.59. The standard InChI is InChI=1S/C16H30N4/c1-5-17-16-13-15(10-11-18-16)19-14(4)9-8-12-20(6-2)7-3/h10-11,13-14H,5-9,12H2,1-4H3,(H2,17,18,19). The molecule has 0 fully saturated rings. The Morgan fingerprint density at radius 1 is 1.25 bits per heavy atom. The maximum Gasteiger partial charge on any atom is 0.127 e. The van der Waals surface area contributed by atoms with Gasteiger partial charge in [0.05, 0.1) is 0 Å². The first-order valence-electron chi connectivity index (χ1n) is 7.88. The monoisotopic (exact) mass is 278 g/mol. The van der Waals surface area contributed by atoms with Gasteiger partial charge in [0.1, 0.15) is 5.82 Å². The van der Waals surface area contributed by atoms with Gasteiger partial charge in [-0.25, -0.2) is 4.98 Å². The van der Waals surface area contributed by atoms with Crippen molar-refractivity contribution in [1.82, 2.24) is 9.88 Å². The van der Waals surface area contributed by atoms with Crippen molar-refractivity contribution in [2.75, 3.05) is 36.8 Å². The molecular weight excluding hydrogens is 248 g/mol. The van der Waals surface area contributed by atoms with Gasteiger partial charge in [-0.05, 0) is 52.4 Å². The zero-order valence-corrected chi connectivity index (χ0v) is 13.4. The number of anilines is 2. The van der Waals surface area contributed by atoms with Crippen LogP contribution in [-0.4, -0.2) is 42.1 Å². The molecule has 1 unspecified atom stereocenters. The Morgan fingerprint density at radius 2 is 2.00 bits per heavy atom. The molecule has 1 aromatic heterocycles. The molecule has 0 saturated carbocycles. The number of pyridine rings is 1. The van der Waals surface area contributed by atoms with Crippen LogP contribution in [0.15, 0.2) is 18.3 Å². The molecule has 0 radical (unpaired) electrons. The van der Waals surface area contributed by atoms with Gasteiger partial charge in [-0.15, -0.1) is 0 Å². The molecule has 1 rings (SSSR count). The zero-order valence-electron chi connectivity index (χ0n) is 13.4. The van der Waals surface area contributed by atoms with Crippen molar-refractivity contribution >= 4 is 11.5 Å². The fraction of sp³-hybridized carbons (Fsp3) is 0.688. The van der Waals surface area contributed by atoms with E-state index in [-0.39, 0.29) is 0 Å². The van der Waals surface area contributed by atoms with E-state index in [4.69, 9.17) is 0 Å². The van der Waals surface area contributed by atoms with E-state index in [9.17, 15) is 0 Å². The molecule has 0 aliphatic rings. The van der Waals surface area contributed by atoms with Crippen molar-refractivity contribution in [2.45, 2.75) is 46.6 Å². The molecule has 20 heavy (non-hydrogen) atoms. The van der Waals surface area contributed by atoms with Crippen molar-refractivity contribution in [3.8, 4) is 0 Å². The summed E-state index contributed by atoms with van der Waals surface area (Å²) in [7, 11) is 0. The van der Waals surface area contributed by atoms with E-state index in [1.165, 1.54) is 19.4 Å². The number of nitrogens with zero attached hydrogens (tertiary/aromatic N) is 2. The van der Waals surface area contributed by atoms with Crippen LogP contribution >= 0.6 is 0 Å². The molecule has 2 N–H and O–H groups in total. The van der Waals surface area contributed by atoms with Crippen molar-refractivity contribution in [3.63, 3.8) is 0 Å². The van der Waals surface area contributed by atoms with Gasteiger partial charge in [0.15, 0.2) is 0 Å². The number of nitrogens with one attached hydrogen (secondary N) is 2. The number of rotatable bonds is 10. The first kappa shape index (κ1) is 16.8. The molecule has 4 nitrogen and oxygen atoms in total. The van der Waals surface area contributed by atoms with Crippen LogP contribution in [0, 0.1) is 0 Å². The topological polar surface area (TPSA) is 40.2 Å². The number of hydrogen-bond donors (Lipinski definition) is 2. The molecule has 0 aliphatic heterocycles. The van der Waals surface area contributed by atoms with E-state index >= 15 is 0 Å². The molecular formula is C16H30N4. The van der Waals surface area contributed by atoms with E-state index in [2.05, 4.69) is 54.3 Å². The summed E-state index contributed by atoms with van der Waals surface area (Å²) in [6, 6.07) is 4.59. The summed E-state index contributed by atoms with van der Waals surface area (Å²) in [6.45, 7) is 13.2. The van der Waals surface area contributed by atoms with Crippen molar-refractivity contribution in [3.05, 3.63) is 18.3 Å². The Hall–Kier alpha value is -1.29. The lowest BCUT2D eigenvalue weighted by Crippen LogP contribution is -2.25.